The number of hydrogen-bond acceptors (Lipinski definition) is 3. The predicted molar refractivity (Wildman–Crippen MR) is 71.0 cm³/mol. The summed E-state index contributed by atoms with van der Waals surface area (Å²) in [6.45, 7) is 0. The highest BCUT2D eigenvalue weighted by molar-refractivity contribution is 9.10. The maximum absolute atomic E-state index is 13.3. The molecular weight excluding hydrogens is 311 g/mol. The van der Waals surface area contributed by atoms with Gasteiger partial charge in [-0.3, -0.25) is 9.78 Å². The third-order valence-corrected chi connectivity index (χ3v) is 3.04. The smallest absolute Gasteiger partial charge is 0.184 e. The van der Waals surface area contributed by atoms with E-state index in [2.05, 4.69) is 20.9 Å². The molecule has 1 heterocycles. The second kappa shape index (κ2) is 5.72. The van der Waals surface area contributed by atoms with Crippen molar-refractivity contribution in [2.45, 2.75) is 5.92 Å². The third-order valence-electron chi connectivity index (χ3n) is 2.58. The Bertz CT molecular complexity index is 632. The number of nitriles is 1. The van der Waals surface area contributed by atoms with Crippen LogP contribution in [-0.2, 0) is 0 Å². The molecule has 0 saturated carbocycles. The lowest BCUT2D eigenvalue weighted by molar-refractivity contribution is 0.0978. The van der Waals surface area contributed by atoms with Crippen LogP contribution in [0.4, 0.5) is 4.39 Å². The molecule has 0 aliphatic rings. The Balaban J connectivity index is 2.40. The van der Waals surface area contributed by atoms with Gasteiger partial charge in [0.25, 0.3) is 0 Å². The minimum absolute atomic E-state index is 0.162. The van der Waals surface area contributed by atoms with Gasteiger partial charge in [-0.25, -0.2) is 4.39 Å². The normalized spacial score (nSPS) is 11.6. The van der Waals surface area contributed by atoms with E-state index in [1.54, 1.807) is 12.1 Å². The molecule has 19 heavy (non-hydrogen) atoms. The second-order valence-electron chi connectivity index (χ2n) is 3.87. The molecule has 1 atom stereocenters. The number of ketones is 1. The first kappa shape index (κ1) is 13.4. The highest BCUT2D eigenvalue weighted by Gasteiger charge is 2.22. The molecule has 0 N–H and O–H groups in total. The zero-order valence-corrected chi connectivity index (χ0v) is 11.3. The third kappa shape index (κ3) is 3.04. The fourth-order valence-electron chi connectivity index (χ4n) is 1.70. The van der Waals surface area contributed by atoms with Gasteiger partial charge in [0.1, 0.15) is 11.7 Å². The van der Waals surface area contributed by atoms with Gasteiger partial charge in [0.15, 0.2) is 5.78 Å². The lowest BCUT2D eigenvalue weighted by Crippen LogP contribution is -2.11. The van der Waals surface area contributed by atoms with Crippen LogP contribution in [0.1, 0.15) is 21.8 Å². The molecule has 94 valence electrons. The van der Waals surface area contributed by atoms with Crippen molar-refractivity contribution < 1.29 is 9.18 Å². The van der Waals surface area contributed by atoms with Crippen LogP contribution in [-0.4, -0.2) is 10.8 Å². The van der Waals surface area contributed by atoms with Crippen molar-refractivity contribution in [2.24, 2.45) is 0 Å². The summed E-state index contributed by atoms with van der Waals surface area (Å²) in [6.07, 6.45) is 3.02. The van der Waals surface area contributed by atoms with E-state index >= 15 is 0 Å². The monoisotopic (exact) mass is 318 g/mol. The van der Waals surface area contributed by atoms with Gasteiger partial charge >= 0.3 is 0 Å². The minimum Gasteiger partial charge on any atom is -0.292 e. The molecule has 0 bridgehead atoms. The Morgan fingerprint density at radius 1 is 1.32 bits per heavy atom. The van der Waals surface area contributed by atoms with Gasteiger partial charge in [-0.05, 0) is 35.9 Å². The first-order valence-corrected chi connectivity index (χ1v) is 6.21. The van der Waals surface area contributed by atoms with Crippen LogP contribution in [0.15, 0.2) is 47.2 Å². The van der Waals surface area contributed by atoms with Crippen LogP contribution < -0.4 is 0 Å². The van der Waals surface area contributed by atoms with Crippen LogP contribution in [0.3, 0.4) is 0 Å². The minimum atomic E-state index is -0.961. The van der Waals surface area contributed by atoms with Gasteiger partial charge in [-0.2, -0.15) is 5.26 Å². The summed E-state index contributed by atoms with van der Waals surface area (Å²) >= 11 is 3.12. The largest absolute Gasteiger partial charge is 0.292 e. The molecule has 0 aliphatic heterocycles. The zero-order valence-electron chi connectivity index (χ0n) is 9.68. The first-order chi connectivity index (χ1) is 9.11. The topological polar surface area (TPSA) is 53.8 Å². The van der Waals surface area contributed by atoms with Gasteiger partial charge in [0.2, 0.25) is 0 Å². The lowest BCUT2D eigenvalue weighted by Gasteiger charge is -2.08. The van der Waals surface area contributed by atoms with Crippen LogP contribution in [0.2, 0.25) is 0 Å². The summed E-state index contributed by atoms with van der Waals surface area (Å²) in [5, 5.41) is 9.15. The summed E-state index contributed by atoms with van der Waals surface area (Å²) in [6, 6.07) is 9.01. The van der Waals surface area contributed by atoms with E-state index < -0.39 is 17.5 Å². The van der Waals surface area contributed by atoms with Gasteiger partial charge in [-0.15, -0.1) is 0 Å². The predicted octanol–water partition coefficient (Wildman–Crippen LogP) is 3.47. The van der Waals surface area contributed by atoms with E-state index in [1.807, 2.05) is 6.07 Å². The standard InChI is InChI=1S/C14H8BrFN2O/c15-11-5-10(6-12(16)7-11)14(19)13(8-17)9-1-3-18-4-2-9/h1-7,13H. The van der Waals surface area contributed by atoms with Crippen molar-refractivity contribution in [3.63, 3.8) is 0 Å². The number of benzene rings is 1. The van der Waals surface area contributed by atoms with Crippen molar-refractivity contribution in [1.29, 1.82) is 5.26 Å². The summed E-state index contributed by atoms with van der Waals surface area (Å²) in [5.41, 5.74) is 0.707. The highest BCUT2D eigenvalue weighted by Crippen LogP contribution is 2.23. The van der Waals surface area contributed by atoms with E-state index in [9.17, 15) is 9.18 Å². The summed E-state index contributed by atoms with van der Waals surface area (Å²) < 4.78 is 13.7. The van der Waals surface area contributed by atoms with E-state index in [0.29, 0.717) is 10.0 Å². The van der Waals surface area contributed by atoms with E-state index in [-0.39, 0.29) is 5.56 Å². The zero-order chi connectivity index (χ0) is 13.8. The number of Topliss-reactive ketones (excluding diaryl/α,β-unsaturated/α-hetero) is 1. The lowest BCUT2D eigenvalue weighted by atomic mass is 9.92. The SMILES string of the molecule is N#CC(C(=O)c1cc(F)cc(Br)c1)c1ccncc1. The summed E-state index contributed by atoms with van der Waals surface area (Å²) in [7, 11) is 0. The molecule has 0 saturated heterocycles. The second-order valence-corrected chi connectivity index (χ2v) is 4.78. The van der Waals surface area contributed by atoms with Crippen molar-refractivity contribution in [1.82, 2.24) is 4.98 Å². The first-order valence-electron chi connectivity index (χ1n) is 5.41. The number of aromatic nitrogens is 1. The molecule has 0 spiro atoms. The Kier molecular flexibility index (Phi) is 4.03. The van der Waals surface area contributed by atoms with E-state index in [4.69, 9.17) is 5.26 Å². The fraction of sp³-hybridized carbons (Fsp3) is 0.0714. The number of pyridine rings is 1. The van der Waals surface area contributed by atoms with Gasteiger partial charge in [0, 0.05) is 22.4 Å². The molecule has 2 aromatic rings. The molecule has 1 unspecified atom stereocenters. The molecule has 1 aromatic heterocycles. The number of nitrogens with zero attached hydrogens (tertiary/aromatic N) is 2. The summed E-state index contributed by atoms with van der Waals surface area (Å²) in [4.78, 5) is 16.1. The molecular formula is C14H8BrFN2O. The number of carbonyl (C=O) groups excluding carboxylic acids is 1. The molecule has 2 rings (SSSR count). The van der Waals surface area contributed by atoms with Crippen LogP contribution in [0.25, 0.3) is 0 Å². The van der Waals surface area contributed by atoms with Crippen LogP contribution >= 0.6 is 15.9 Å². The van der Waals surface area contributed by atoms with E-state index in [1.165, 1.54) is 24.5 Å². The average Bonchev–Trinajstić information content (AvgIpc) is 2.39. The van der Waals surface area contributed by atoms with Gasteiger partial charge < -0.3 is 0 Å². The number of carbonyl (C=O) groups is 1. The average molecular weight is 319 g/mol. The number of halogens is 2. The van der Waals surface area contributed by atoms with Gasteiger partial charge in [0.05, 0.1) is 6.07 Å². The molecule has 5 heteroatoms. The number of hydrogen-bond donors (Lipinski definition) is 0. The molecule has 0 fully saturated rings. The molecule has 0 amide bonds. The van der Waals surface area contributed by atoms with Crippen LogP contribution in [0, 0.1) is 17.1 Å². The Morgan fingerprint density at radius 2 is 2.00 bits per heavy atom. The highest BCUT2D eigenvalue weighted by atomic mass is 79.9. The van der Waals surface area contributed by atoms with E-state index in [0.717, 1.165) is 6.07 Å². The Labute approximate surface area is 117 Å². The quantitative estimate of drug-likeness (QED) is 0.814. The summed E-state index contributed by atoms with van der Waals surface area (Å²) in [5.74, 6) is -1.92. The van der Waals surface area contributed by atoms with Crippen molar-refractivity contribution in [2.75, 3.05) is 0 Å². The number of rotatable bonds is 3. The Morgan fingerprint density at radius 3 is 2.58 bits per heavy atom. The van der Waals surface area contributed by atoms with Crippen molar-refractivity contribution in [3.8, 4) is 6.07 Å². The maximum atomic E-state index is 13.3. The maximum Gasteiger partial charge on any atom is 0.184 e. The van der Waals surface area contributed by atoms with Crippen molar-refractivity contribution >= 4 is 21.7 Å². The van der Waals surface area contributed by atoms with Crippen molar-refractivity contribution in [3.05, 3.63) is 64.1 Å². The molecule has 1 aromatic carbocycles. The van der Waals surface area contributed by atoms with Gasteiger partial charge in [-0.1, -0.05) is 15.9 Å². The molecule has 0 radical (unpaired) electrons. The molecule has 3 nitrogen and oxygen atoms in total. The fourth-order valence-corrected chi connectivity index (χ4v) is 2.17. The van der Waals surface area contributed by atoms with Crippen LogP contribution in [0.5, 0.6) is 0 Å². The molecule has 0 aliphatic carbocycles. The Hall–Kier alpha value is -2.06.